The van der Waals surface area contributed by atoms with Crippen LogP contribution in [0, 0.1) is 0 Å². The lowest BCUT2D eigenvalue weighted by molar-refractivity contribution is -0.275. The lowest BCUT2D eigenvalue weighted by Gasteiger charge is -2.16. The van der Waals surface area contributed by atoms with E-state index in [1.54, 1.807) is 0 Å². The molecular weight excluding hydrogens is 325 g/mol. The molecule has 0 bridgehead atoms. The summed E-state index contributed by atoms with van der Waals surface area (Å²) in [6.07, 6.45) is -8.51. The Hall–Kier alpha value is -1.64. The smallest absolute Gasteiger partial charge is 0.461 e. The molecule has 21 heavy (non-hydrogen) atoms. The van der Waals surface area contributed by atoms with Crippen molar-refractivity contribution in [2.45, 2.75) is 25.6 Å². The summed E-state index contributed by atoms with van der Waals surface area (Å²) in [5.41, 5.74) is -2.30. The average molecular weight is 334 g/mol. The Morgan fingerprint density at radius 2 is 2.05 bits per heavy atom. The molecule has 118 valence electrons. The van der Waals surface area contributed by atoms with E-state index in [4.69, 9.17) is 11.6 Å². The van der Waals surface area contributed by atoms with Crippen LogP contribution in [0.2, 0.25) is 0 Å². The predicted octanol–water partition coefficient (Wildman–Crippen LogP) is 3.83. The van der Waals surface area contributed by atoms with Gasteiger partial charge in [0.2, 0.25) is 0 Å². The molecule has 1 aromatic rings. The van der Waals surface area contributed by atoms with Gasteiger partial charge in [0.25, 0.3) is 6.43 Å². The van der Waals surface area contributed by atoms with Crippen LogP contribution < -0.4 is 4.74 Å². The normalized spacial score (nSPS) is 11.6. The van der Waals surface area contributed by atoms with Gasteiger partial charge in [0.1, 0.15) is 5.75 Å². The van der Waals surface area contributed by atoms with Crippen LogP contribution in [0.4, 0.5) is 22.0 Å². The Labute approximate surface area is 120 Å². The Morgan fingerprint density at radius 1 is 1.43 bits per heavy atom. The van der Waals surface area contributed by atoms with E-state index in [2.05, 4.69) is 14.5 Å². The molecule has 0 amide bonds. The first-order valence-electron chi connectivity index (χ1n) is 5.50. The van der Waals surface area contributed by atoms with E-state index in [1.807, 2.05) is 0 Å². The van der Waals surface area contributed by atoms with Crippen molar-refractivity contribution in [2.75, 3.05) is 6.61 Å². The molecule has 0 N–H and O–H groups in total. The number of hydrogen-bond acceptors (Lipinski definition) is 4. The first kappa shape index (κ1) is 17.4. The molecule has 0 aliphatic rings. The van der Waals surface area contributed by atoms with Crippen LogP contribution in [0.3, 0.4) is 0 Å². The summed E-state index contributed by atoms with van der Waals surface area (Å²) >= 11 is 5.39. The molecule has 0 saturated heterocycles. The average Bonchev–Trinajstić information content (AvgIpc) is 2.35. The molecule has 4 nitrogen and oxygen atoms in total. The van der Waals surface area contributed by atoms with Crippen molar-refractivity contribution in [1.29, 1.82) is 0 Å². The molecule has 10 heteroatoms. The third-order valence-corrected chi connectivity index (χ3v) is 2.41. The molecule has 1 aromatic heterocycles. The van der Waals surface area contributed by atoms with E-state index in [0.29, 0.717) is 6.07 Å². The van der Waals surface area contributed by atoms with Gasteiger partial charge in [0, 0.05) is 6.07 Å². The van der Waals surface area contributed by atoms with Gasteiger partial charge in [-0.15, -0.1) is 24.8 Å². The number of pyridine rings is 1. The second-order valence-corrected chi connectivity index (χ2v) is 3.84. The summed E-state index contributed by atoms with van der Waals surface area (Å²) in [5.74, 6) is -2.93. The summed E-state index contributed by atoms with van der Waals surface area (Å²) in [4.78, 5) is 14.9. The predicted molar refractivity (Wildman–Crippen MR) is 61.4 cm³/mol. The molecule has 0 radical (unpaired) electrons. The van der Waals surface area contributed by atoms with Gasteiger partial charge >= 0.3 is 12.3 Å². The molecule has 0 aliphatic carbocycles. The van der Waals surface area contributed by atoms with Crippen molar-refractivity contribution in [2.24, 2.45) is 0 Å². The summed E-state index contributed by atoms with van der Waals surface area (Å²) in [5, 5.41) is 0. The summed E-state index contributed by atoms with van der Waals surface area (Å²) < 4.78 is 70.6. The van der Waals surface area contributed by atoms with Crippen molar-refractivity contribution < 1.29 is 36.2 Å². The van der Waals surface area contributed by atoms with Gasteiger partial charge in [-0.2, -0.15) is 0 Å². The number of aromatic nitrogens is 1. The summed E-state index contributed by atoms with van der Waals surface area (Å²) in [7, 11) is 0. The maximum Gasteiger partial charge on any atom is 0.573 e. The molecule has 0 saturated carbocycles. The number of esters is 1. The van der Waals surface area contributed by atoms with Crippen molar-refractivity contribution >= 4 is 17.6 Å². The quantitative estimate of drug-likeness (QED) is 0.467. The van der Waals surface area contributed by atoms with Gasteiger partial charge in [-0.3, -0.25) is 0 Å². The van der Waals surface area contributed by atoms with Crippen LogP contribution >= 0.6 is 11.6 Å². The van der Waals surface area contributed by atoms with E-state index < -0.39 is 47.3 Å². The zero-order valence-electron chi connectivity index (χ0n) is 10.5. The Balaban J connectivity index is 3.40. The third kappa shape index (κ3) is 4.69. The van der Waals surface area contributed by atoms with Crippen molar-refractivity contribution in [3.8, 4) is 5.75 Å². The van der Waals surface area contributed by atoms with Gasteiger partial charge in [-0.05, 0) is 6.92 Å². The zero-order chi connectivity index (χ0) is 16.2. The highest BCUT2D eigenvalue weighted by Gasteiger charge is 2.35. The second-order valence-electron chi connectivity index (χ2n) is 3.57. The number of hydrogen-bond donors (Lipinski definition) is 0. The Morgan fingerprint density at radius 3 is 2.48 bits per heavy atom. The van der Waals surface area contributed by atoms with Crippen LogP contribution in [0.25, 0.3) is 0 Å². The van der Waals surface area contributed by atoms with E-state index >= 15 is 0 Å². The van der Waals surface area contributed by atoms with E-state index in [0.717, 1.165) is 0 Å². The van der Waals surface area contributed by atoms with Gasteiger partial charge < -0.3 is 9.47 Å². The SMILES string of the molecule is CCOC(=O)c1cc(OC(F)(F)F)c(C(F)F)c(CCl)n1. The number of rotatable bonds is 5. The first-order chi connectivity index (χ1) is 9.69. The van der Waals surface area contributed by atoms with Crippen LogP contribution in [0.1, 0.15) is 35.1 Å². The minimum atomic E-state index is -5.21. The van der Waals surface area contributed by atoms with Crippen LogP contribution in [-0.2, 0) is 10.6 Å². The van der Waals surface area contributed by atoms with Crippen LogP contribution in [0.15, 0.2) is 6.07 Å². The first-order valence-corrected chi connectivity index (χ1v) is 6.03. The Kier molecular flexibility index (Phi) is 5.70. The van der Waals surface area contributed by atoms with E-state index in [-0.39, 0.29) is 6.61 Å². The van der Waals surface area contributed by atoms with Crippen LogP contribution in [0.5, 0.6) is 5.75 Å². The molecule has 1 heterocycles. The molecule has 0 aromatic carbocycles. The minimum Gasteiger partial charge on any atom is -0.461 e. The molecule has 0 fully saturated rings. The van der Waals surface area contributed by atoms with Crippen LogP contribution in [-0.4, -0.2) is 23.9 Å². The number of alkyl halides is 6. The van der Waals surface area contributed by atoms with Gasteiger partial charge in [0.05, 0.1) is 23.7 Å². The molecule has 1 rings (SSSR count). The fourth-order valence-electron chi connectivity index (χ4n) is 1.44. The van der Waals surface area contributed by atoms with Gasteiger partial charge in [-0.25, -0.2) is 18.6 Å². The molecule has 0 unspecified atom stereocenters. The molecule has 0 spiro atoms. The number of nitrogens with zero attached hydrogens (tertiary/aromatic N) is 1. The maximum absolute atomic E-state index is 12.9. The largest absolute Gasteiger partial charge is 0.573 e. The lowest BCUT2D eigenvalue weighted by Crippen LogP contribution is -2.20. The van der Waals surface area contributed by atoms with Crippen molar-refractivity contribution in [3.63, 3.8) is 0 Å². The number of carbonyl (C=O) groups is 1. The summed E-state index contributed by atoms with van der Waals surface area (Å²) in [6.45, 7) is 1.39. The zero-order valence-corrected chi connectivity index (χ0v) is 11.3. The fourth-order valence-corrected chi connectivity index (χ4v) is 1.64. The van der Waals surface area contributed by atoms with Crippen molar-refractivity contribution in [3.05, 3.63) is 23.0 Å². The number of halogens is 6. The minimum absolute atomic E-state index is 0.0667. The van der Waals surface area contributed by atoms with E-state index in [9.17, 15) is 26.7 Å². The van der Waals surface area contributed by atoms with Gasteiger partial charge in [0.15, 0.2) is 5.69 Å². The highest BCUT2D eigenvalue weighted by molar-refractivity contribution is 6.17. The standard InChI is InChI=1S/C11H9ClF5NO3/c1-2-20-10(19)5-3-7(21-11(15,16)17)8(9(13)14)6(4-12)18-5/h3,9H,2,4H2,1H3. The highest BCUT2D eigenvalue weighted by atomic mass is 35.5. The fraction of sp³-hybridized carbons (Fsp3) is 0.455. The maximum atomic E-state index is 12.9. The monoisotopic (exact) mass is 333 g/mol. The Bertz CT molecular complexity index is 521. The number of carbonyl (C=O) groups excluding carboxylic acids is 1. The molecular formula is C11H9ClF5NO3. The topological polar surface area (TPSA) is 48.4 Å². The highest BCUT2D eigenvalue weighted by Crippen LogP contribution is 2.36. The summed E-state index contributed by atoms with van der Waals surface area (Å²) in [6, 6.07) is 0.447. The third-order valence-electron chi connectivity index (χ3n) is 2.15. The van der Waals surface area contributed by atoms with Gasteiger partial charge in [-0.1, -0.05) is 0 Å². The second kappa shape index (κ2) is 6.88. The number of ether oxygens (including phenoxy) is 2. The lowest BCUT2D eigenvalue weighted by atomic mass is 10.1. The van der Waals surface area contributed by atoms with Crippen molar-refractivity contribution in [1.82, 2.24) is 4.98 Å². The van der Waals surface area contributed by atoms with E-state index in [1.165, 1.54) is 6.92 Å². The molecule has 0 aliphatic heterocycles. The molecule has 0 atom stereocenters.